The van der Waals surface area contributed by atoms with Gasteiger partial charge in [-0.1, -0.05) is 41.1 Å². The summed E-state index contributed by atoms with van der Waals surface area (Å²) < 4.78 is 5.20. The number of aryl methyl sites for hydroxylation is 1. The number of methoxy groups -OCH3 is 1. The topological polar surface area (TPSA) is 92.3 Å². The van der Waals surface area contributed by atoms with Crippen LogP contribution in [0, 0.1) is 6.92 Å². The zero-order valence-electron chi connectivity index (χ0n) is 15.1. The van der Waals surface area contributed by atoms with Crippen LogP contribution in [-0.2, 0) is 0 Å². The van der Waals surface area contributed by atoms with E-state index in [0.29, 0.717) is 37.8 Å². The first kappa shape index (κ1) is 19.7. The summed E-state index contributed by atoms with van der Waals surface area (Å²) >= 11 is 7.01. The van der Waals surface area contributed by atoms with Gasteiger partial charge in [0.05, 0.1) is 18.5 Å². The number of thiazole rings is 1. The molecule has 9 heteroatoms. The monoisotopic (exact) mass is 416 g/mol. The molecule has 0 aliphatic heterocycles. The van der Waals surface area contributed by atoms with Gasteiger partial charge < -0.3 is 15.4 Å². The number of nitrogens with zero attached hydrogens (tertiary/aromatic N) is 1. The minimum Gasteiger partial charge on any atom is -0.495 e. The molecule has 0 aliphatic rings. The van der Waals surface area contributed by atoms with Gasteiger partial charge in [-0.05, 0) is 37.3 Å². The number of amides is 3. The minimum atomic E-state index is -0.486. The molecule has 0 saturated heterocycles. The molecule has 144 valence electrons. The second kappa shape index (κ2) is 8.73. The molecule has 3 rings (SSSR count). The van der Waals surface area contributed by atoms with Crippen molar-refractivity contribution in [1.82, 2.24) is 4.98 Å². The van der Waals surface area contributed by atoms with E-state index in [1.807, 2.05) is 0 Å². The van der Waals surface area contributed by atoms with Crippen molar-refractivity contribution in [3.8, 4) is 5.75 Å². The lowest BCUT2D eigenvalue weighted by atomic mass is 10.3. The molecule has 3 N–H and O–H groups in total. The third-order valence-corrected chi connectivity index (χ3v) is 4.97. The lowest BCUT2D eigenvalue weighted by Crippen LogP contribution is -2.19. The summed E-state index contributed by atoms with van der Waals surface area (Å²) in [5.74, 6) is 0.213. The molecule has 0 atom stereocenters. The first-order valence-corrected chi connectivity index (χ1v) is 9.41. The number of anilines is 3. The van der Waals surface area contributed by atoms with E-state index in [4.69, 9.17) is 16.3 Å². The normalized spacial score (nSPS) is 10.2. The van der Waals surface area contributed by atoms with Crippen LogP contribution < -0.4 is 20.7 Å². The summed E-state index contributed by atoms with van der Waals surface area (Å²) in [6, 6.07) is 13.4. The lowest BCUT2D eigenvalue weighted by molar-refractivity contribution is 0.103. The summed E-state index contributed by atoms with van der Waals surface area (Å²) in [6.07, 6.45) is 0. The Bertz CT molecular complexity index is 1020. The van der Waals surface area contributed by atoms with Crippen molar-refractivity contribution in [3.05, 3.63) is 64.1 Å². The zero-order chi connectivity index (χ0) is 20.1. The Morgan fingerprint density at radius 3 is 2.61 bits per heavy atom. The maximum atomic E-state index is 12.5. The standard InChI is InChI=1S/C19H17ClN4O3S/c1-11-16(17(25)22-13-7-5-6-12(20)10-13)28-19(21-11)24-18(26)23-14-8-3-4-9-15(14)27-2/h3-10H,1-2H3,(H,22,25)(H2,21,23,24,26). The number of carbonyl (C=O) groups is 2. The number of carbonyl (C=O) groups excluding carboxylic acids is 2. The fourth-order valence-electron chi connectivity index (χ4n) is 2.41. The zero-order valence-corrected chi connectivity index (χ0v) is 16.6. The average Bonchev–Trinajstić information content (AvgIpc) is 3.02. The molecule has 1 aromatic heterocycles. The van der Waals surface area contributed by atoms with Gasteiger partial charge in [-0.3, -0.25) is 10.1 Å². The van der Waals surface area contributed by atoms with Gasteiger partial charge in [-0.25, -0.2) is 9.78 Å². The molecule has 0 radical (unpaired) electrons. The van der Waals surface area contributed by atoms with Crippen LogP contribution in [0.4, 0.5) is 21.3 Å². The van der Waals surface area contributed by atoms with E-state index in [-0.39, 0.29) is 5.91 Å². The number of halogens is 1. The van der Waals surface area contributed by atoms with Gasteiger partial charge in [0.25, 0.3) is 5.91 Å². The summed E-state index contributed by atoms with van der Waals surface area (Å²) in [7, 11) is 1.52. The van der Waals surface area contributed by atoms with Crippen LogP contribution in [0.15, 0.2) is 48.5 Å². The lowest BCUT2D eigenvalue weighted by Gasteiger charge is -2.09. The minimum absolute atomic E-state index is 0.307. The summed E-state index contributed by atoms with van der Waals surface area (Å²) in [6.45, 7) is 1.70. The number of aromatic nitrogens is 1. The fourth-order valence-corrected chi connectivity index (χ4v) is 3.46. The molecule has 0 bridgehead atoms. The van der Waals surface area contributed by atoms with Gasteiger partial charge in [-0.15, -0.1) is 0 Å². The Kier molecular flexibility index (Phi) is 6.13. The molecule has 0 aliphatic carbocycles. The number of ether oxygens (including phenoxy) is 1. The van der Waals surface area contributed by atoms with Crippen molar-refractivity contribution in [3.63, 3.8) is 0 Å². The maximum absolute atomic E-state index is 12.5. The largest absolute Gasteiger partial charge is 0.495 e. The number of benzene rings is 2. The average molecular weight is 417 g/mol. The quantitative estimate of drug-likeness (QED) is 0.545. The van der Waals surface area contributed by atoms with Crippen LogP contribution in [0.2, 0.25) is 5.02 Å². The van der Waals surface area contributed by atoms with E-state index < -0.39 is 6.03 Å². The highest BCUT2D eigenvalue weighted by molar-refractivity contribution is 7.17. The molecule has 3 amide bonds. The molecule has 0 spiro atoms. The SMILES string of the molecule is COc1ccccc1NC(=O)Nc1nc(C)c(C(=O)Nc2cccc(Cl)c2)s1. The molecule has 7 nitrogen and oxygen atoms in total. The van der Waals surface area contributed by atoms with Crippen molar-refractivity contribution in [1.29, 1.82) is 0 Å². The molecule has 0 fully saturated rings. The van der Waals surface area contributed by atoms with Gasteiger partial charge in [0.15, 0.2) is 5.13 Å². The van der Waals surface area contributed by atoms with Crippen LogP contribution in [0.3, 0.4) is 0 Å². The number of urea groups is 1. The van der Waals surface area contributed by atoms with Crippen molar-refractivity contribution < 1.29 is 14.3 Å². The molecule has 0 unspecified atom stereocenters. The Morgan fingerprint density at radius 2 is 1.86 bits per heavy atom. The van der Waals surface area contributed by atoms with Gasteiger partial charge in [0.2, 0.25) is 0 Å². The number of para-hydroxylation sites is 2. The van der Waals surface area contributed by atoms with E-state index in [2.05, 4.69) is 20.9 Å². The summed E-state index contributed by atoms with van der Waals surface area (Å²) in [5, 5.41) is 8.91. The van der Waals surface area contributed by atoms with E-state index in [1.54, 1.807) is 55.5 Å². The molecule has 0 saturated carbocycles. The smallest absolute Gasteiger partial charge is 0.325 e. The van der Waals surface area contributed by atoms with Crippen molar-refractivity contribution in [2.24, 2.45) is 0 Å². The molecule has 3 aromatic rings. The molecule has 2 aromatic carbocycles. The first-order chi connectivity index (χ1) is 13.5. The Hall–Kier alpha value is -3.10. The van der Waals surface area contributed by atoms with Crippen LogP contribution in [0.1, 0.15) is 15.4 Å². The van der Waals surface area contributed by atoms with Gasteiger partial charge >= 0.3 is 6.03 Å². The van der Waals surface area contributed by atoms with Crippen molar-refractivity contribution in [2.45, 2.75) is 6.92 Å². The van der Waals surface area contributed by atoms with E-state index >= 15 is 0 Å². The van der Waals surface area contributed by atoms with Crippen molar-refractivity contribution in [2.75, 3.05) is 23.1 Å². The van der Waals surface area contributed by atoms with Crippen LogP contribution >= 0.6 is 22.9 Å². The highest BCUT2D eigenvalue weighted by Gasteiger charge is 2.17. The third-order valence-electron chi connectivity index (χ3n) is 3.66. The van der Waals surface area contributed by atoms with Crippen molar-refractivity contribution >= 4 is 51.4 Å². The third kappa shape index (κ3) is 4.79. The van der Waals surface area contributed by atoms with Crippen LogP contribution in [0.25, 0.3) is 0 Å². The van der Waals surface area contributed by atoms with E-state index in [9.17, 15) is 9.59 Å². The number of hydrogen-bond acceptors (Lipinski definition) is 5. The molecule has 28 heavy (non-hydrogen) atoms. The predicted molar refractivity (Wildman–Crippen MR) is 112 cm³/mol. The Balaban J connectivity index is 1.68. The number of rotatable bonds is 5. The Labute approximate surface area is 170 Å². The molecule has 1 heterocycles. The van der Waals surface area contributed by atoms with Crippen LogP contribution in [0.5, 0.6) is 5.75 Å². The first-order valence-electron chi connectivity index (χ1n) is 8.21. The summed E-state index contributed by atoms with van der Waals surface area (Å²) in [4.78, 5) is 29.4. The van der Waals surface area contributed by atoms with Crippen LogP contribution in [-0.4, -0.2) is 24.0 Å². The summed E-state index contributed by atoms with van der Waals surface area (Å²) in [5.41, 5.74) is 1.61. The van der Waals surface area contributed by atoms with Gasteiger partial charge in [0, 0.05) is 10.7 Å². The molecular weight excluding hydrogens is 400 g/mol. The fraction of sp³-hybridized carbons (Fsp3) is 0.105. The highest BCUT2D eigenvalue weighted by atomic mass is 35.5. The highest BCUT2D eigenvalue weighted by Crippen LogP contribution is 2.26. The second-order valence-electron chi connectivity index (χ2n) is 5.68. The van der Waals surface area contributed by atoms with E-state index in [1.165, 1.54) is 7.11 Å². The molecular formula is C19H17ClN4O3S. The Morgan fingerprint density at radius 1 is 1.07 bits per heavy atom. The van der Waals surface area contributed by atoms with Gasteiger partial charge in [-0.2, -0.15) is 0 Å². The number of nitrogens with one attached hydrogen (secondary N) is 3. The second-order valence-corrected chi connectivity index (χ2v) is 7.11. The predicted octanol–water partition coefficient (Wildman–Crippen LogP) is 5.01. The van der Waals surface area contributed by atoms with Gasteiger partial charge in [0.1, 0.15) is 10.6 Å². The number of hydrogen-bond donors (Lipinski definition) is 3. The maximum Gasteiger partial charge on any atom is 0.325 e. The van der Waals surface area contributed by atoms with E-state index in [0.717, 1.165) is 11.3 Å².